The fourth-order valence-electron chi connectivity index (χ4n) is 1.86. The highest BCUT2D eigenvalue weighted by molar-refractivity contribution is 6.52. The monoisotopic (exact) mass is 189 g/mol. The van der Waals surface area contributed by atoms with E-state index in [0.29, 0.717) is 23.6 Å². The fraction of sp³-hybridized carbons (Fsp3) is 0.200. The number of fused-ring (bicyclic) bond motifs is 3. The molecular weight excluding hydrogens is 182 g/mol. The molecule has 0 bridgehead atoms. The lowest BCUT2D eigenvalue weighted by atomic mass is 10.1. The number of carbonyl (C=O) groups excluding carboxylic acids is 2. The third-order valence-corrected chi connectivity index (χ3v) is 2.55. The van der Waals surface area contributed by atoms with Crippen LogP contribution in [0.25, 0.3) is 0 Å². The van der Waals surface area contributed by atoms with Gasteiger partial charge in [0.15, 0.2) is 0 Å². The maximum Gasteiger partial charge on any atom is 0.296 e. The second-order valence-corrected chi connectivity index (χ2v) is 3.36. The molecule has 0 atom stereocenters. The molecule has 1 N–H and O–H groups in total. The minimum atomic E-state index is -0.566. The minimum absolute atomic E-state index is 0.427. The lowest BCUT2D eigenvalue weighted by Crippen LogP contribution is -2.12. The van der Waals surface area contributed by atoms with E-state index in [-0.39, 0.29) is 0 Å². The molecule has 14 heavy (non-hydrogen) atoms. The van der Waals surface area contributed by atoms with Gasteiger partial charge in [0.05, 0.1) is 17.9 Å². The summed E-state index contributed by atoms with van der Waals surface area (Å²) in [6.07, 6.45) is 0.840. The van der Waals surface area contributed by atoms with Crippen molar-refractivity contribution >= 4 is 17.4 Å². The highest BCUT2D eigenvalue weighted by atomic mass is 16.5. The van der Waals surface area contributed by atoms with Gasteiger partial charge in [0.1, 0.15) is 5.75 Å². The summed E-state index contributed by atoms with van der Waals surface area (Å²) in [7, 11) is 0. The van der Waals surface area contributed by atoms with E-state index in [1.165, 1.54) is 0 Å². The van der Waals surface area contributed by atoms with Crippen molar-refractivity contribution in [3.63, 3.8) is 0 Å². The molecule has 1 amide bonds. The highest BCUT2D eigenvalue weighted by Gasteiger charge is 2.33. The normalized spacial score (nSPS) is 17.4. The molecule has 1 aromatic carbocycles. The van der Waals surface area contributed by atoms with Gasteiger partial charge in [0, 0.05) is 6.42 Å². The van der Waals surface area contributed by atoms with E-state index in [9.17, 15) is 9.59 Å². The van der Waals surface area contributed by atoms with Crippen molar-refractivity contribution in [3.05, 3.63) is 23.3 Å². The van der Waals surface area contributed by atoms with Gasteiger partial charge in [-0.3, -0.25) is 9.59 Å². The molecule has 70 valence electrons. The Morgan fingerprint density at radius 2 is 2.14 bits per heavy atom. The molecule has 2 aliphatic rings. The molecule has 4 nitrogen and oxygen atoms in total. The van der Waals surface area contributed by atoms with E-state index in [4.69, 9.17) is 4.74 Å². The maximum atomic E-state index is 11.3. The lowest BCUT2D eigenvalue weighted by Gasteiger charge is -2.04. The molecule has 0 saturated carbocycles. The van der Waals surface area contributed by atoms with E-state index in [1.54, 1.807) is 6.07 Å². The Morgan fingerprint density at radius 3 is 3.00 bits per heavy atom. The van der Waals surface area contributed by atoms with Crippen molar-refractivity contribution in [1.82, 2.24) is 0 Å². The SMILES string of the molecule is O=C1Nc2c(ccc3c2OCC3)C1=O. The maximum absolute atomic E-state index is 11.3. The fourth-order valence-corrected chi connectivity index (χ4v) is 1.86. The molecular formula is C10H7NO3. The van der Waals surface area contributed by atoms with Crippen LogP contribution in [0.3, 0.4) is 0 Å². The first-order valence-corrected chi connectivity index (χ1v) is 4.42. The van der Waals surface area contributed by atoms with Crippen LogP contribution in [-0.2, 0) is 11.2 Å². The molecule has 0 fully saturated rings. The zero-order valence-corrected chi connectivity index (χ0v) is 7.29. The van der Waals surface area contributed by atoms with Gasteiger partial charge in [-0.1, -0.05) is 6.07 Å². The molecule has 0 saturated heterocycles. The number of hydrogen-bond acceptors (Lipinski definition) is 3. The summed E-state index contributed by atoms with van der Waals surface area (Å²) < 4.78 is 5.37. The van der Waals surface area contributed by atoms with Crippen LogP contribution in [0.2, 0.25) is 0 Å². The van der Waals surface area contributed by atoms with Gasteiger partial charge in [-0.05, 0) is 11.6 Å². The van der Waals surface area contributed by atoms with Gasteiger partial charge >= 0.3 is 0 Å². The molecule has 0 spiro atoms. The van der Waals surface area contributed by atoms with Crippen LogP contribution in [0.4, 0.5) is 5.69 Å². The van der Waals surface area contributed by atoms with Gasteiger partial charge in [0.25, 0.3) is 11.7 Å². The van der Waals surface area contributed by atoms with Crippen molar-refractivity contribution in [1.29, 1.82) is 0 Å². The van der Waals surface area contributed by atoms with E-state index in [0.717, 1.165) is 12.0 Å². The molecule has 0 aliphatic carbocycles. The summed E-state index contributed by atoms with van der Waals surface area (Å²) in [5.41, 5.74) is 2.03. The third-order valence-electron chi connectivity index (χ3n) is 2.55. The predicted molar refractivity (Wildman–Crippen MR) is 48.6 cm³/mol. The summed E-state index contributed by atoms with van der Waals surface area (Å²) in [5, 5.41) is 2.53. The predicted octanol–water partition coefficient (Wildman–Crippen LogP) is 0.756. The zero-order chi connectivity index (χ0) is 9.71. The Balaban J connectivity index is 2.27. The number of carbonyl (C=O) groups is 2. The van der Waals surface area contributed by atoms with Crippen molar-refractivity contribution < 1.29 is 14.3 Å². The molecule has 0 aromatic heterocycles. The number of nitrogens with one attached hydrogen (secondary N) is 1. The second-order valence-electron chi connectivity index (χ2n) is 3.36. The summed E-state index contributed by atoms with van der Waals surface area (Å²) in [4.78, 5) is 22.4. The van der Waals surface area contributed by atoms with Crippen LogP contribution in [-0.4, -0.2) is 18.3 Å². The van der Waals surface area contributed by atoms with Crippen molar-refractivity contribution in [2.75, 3.05) is 11.9 Å². The topological polar surface area (TPSA) is 55.4 Å². The Kier molecular flexibility index (Phi) is 1.27. The van der Waals surface area contributed by atoms with Crippen LogP contribution in [0.1, 0.15) is 15.9 Å². The van der Waals surface area contributed by atoms with Crippen LogP contribution in [0.5, 0.6) is 5.75 Å². The van der Waals surface area contributed by atoms with Crippen LogP contribution in [0.15, 0.2) is 12.1 Å². The molecule has 0 radical (unpaired) electrons. The standard InChI is InChI=1S/C10H7NO3/c12-8-6-2-1-5-3-4-14-9(5)7(6)11-10(8)13/h1-2H,3-4H2,(H,11,12,13). The van der Waals surface area contributed by atoms with Gasteiger partial charge in [-0.2, -0.15) is 0 Å². The summed E-state index contributed by atoms with van der Waals surface area (Å²) in [6, 6.07) is 3.53. The first kappa shape index (κ1) is 7.55. The Labute approximate surface area is 79.9 Å². The number of amides is 1. The van der Waals surface area contributed by atoms with Gasteiger partial charge in [-0.15, -0.1) is 0 Å². The third kappa shape index (κ3) is 0.775. The average Bonchev–Trinajstić information content (AvgIpc) is 2.73. The average molecular weight is 189 g/mol. The minimum Gasteiger partial charge on any atom is -0.491 e. The largest absolute Gasteiger partial charge is 0.491 e. The van der Waals surface area contributed by atoms with Crippen LogP contribution < -0.4 is 10.1 Å². The Morgan fingerprint density at radius 1 is 1.29 bits per heavy atom. The van der Waals surface area contributed by atoms with Crippen LogP contribution >= 0.6 is 0 Å². The van der Waals surface area contributed by atoms with Crippen molar-refractivity contribution in [3.8, 4) is 5.75 Å². The first-order chi connectivity index (χ1) is 6.77. The molecule has 2 heterocycles. The number of ketones is 1. The molecule has 4 heteroatoms. The van der Waals surface area contributed by atoms with E-state index in [2.05, 4.69) is 5.32 Å². The van der Waals surface area contributed by atoms with E-state index in [1.807, 2.05) is 6.07 Å². The highest BCUT2D eigenvalue weighted by Crippen LogP contribution is 2.39. The summed E-state index contributed by atoms with van der Waals surface area (Å²) in [6.45, 7) is 0.621. The molecule has 3 rings (SSSR count). The van der Waals surface area contributed by atoms with E-state index < -0.39 is 11.7 Å². The number of rotatable bonds is 0. The molecule has 0 unspecified atom stereocenters. The number of Topliss-reactive ketones (excluding diaryl/α,β-unsaturated/α-hetero) is 1. The Hall–Kier alpha value is -1.84. The van der Waals surface area contributed by atoms with Gasteiger partial charge < -0.3 is 10.1 Å². The lowest BCUT2D eigenvalue weighted by molar-refractivity contribution is -0.112. The van der Waals surface area contributed by atoms with Crippen molar-refractivity contribution in [2.24, 2.45) is 0 Å². The summed E-state index contributed by atoms with van der Waals surface area (Å²) in [5.74, 6) is -0.371. The second kappa shape index (κ2) is 2.35. The molecule has 2 aliphatic heterocycles. The number of hydrogen-bond donors (Lipinski definition) is 1. The number of ether oxygens (including phenoxy) is 1. The van der Waals surface area contributed by atoms with Gasteiger partial charge in [-0.25, -0.2) is 0 Å². The van der Waals surface area contributed by atoms with Gasteiger partial charge in [0.2, 0.25) is 0 Å². The number of anilines is 1. The van der Waals surface area contributed by atoms with Crippen molar-refractivity contribution in [2.45, 2.75) is 6.42 Å². The van der Waals surface area contributed by atoms with Crippen LogP contribution in [0, 0.1) is 0 Å². The zero-order valence-electron chi connectivity index (χ0n) is 7.29. The smallest absolute Gasteiger partial charge is 0.296 e. The van der Waals surface area contributed by atoms with E-state index >= 15 is 0 Å². The summed E-state index contributed by atoms with van der Waals surface area (Å²) >= 11 is 0. The number of benzene rings is 1. The Bertz CT molecular complexity index is 465. The molecule has 1 aromatic rings. The first-order valence-electron chi connectivity index (χ1n) is 4.42. The quantitative estimate of drug-likeness (QED) is 0.613.